The van der Waals surface area contributed by atoms with Gasteiger partial charge in [-0.15, -0.1) is 0 Å². The first-order chi connectivity index (χ1) is 8.08. The zero-order chi connectivity index (χ0) is 12.8. The fourth-order valence-electron chi connectivity index (χ4n) is 1.31. The maximum atomic E-state index is 10.7. The molecule has 0 heterocycles. The van der Waals surface area contributed by atoms with Gasteiger partial charge in [0.2, 0.25) is 0 Å². The summed E-state index contributed by atoms with van der Waals surface area (Å²) in [6.45, 7) is 7.02. The van der Waals surface area contributed by atoms with Crippen LogP contribution in [0.25, 0.3) is 0 Å². The smallest absolute Gasteiger partial charge is 0.179 e. The zero-order valence-electron chi connectivity index (χ0n) is 10.3. The third-order valence-electron chi connectivity index (χ3n) is 2.03. The molecular formula is C13H17ClO3. The fraction of sp³-hybridized carbons (Fsp3) is 0.462. The van der Waals surface area contributed by atoms with E-state index in [0.29, 0.717) is 41.2 Å². The Balaban J connectivity index is 3.02. The molecule has 0 spiro atoms. The minimum atomic E-state index is 0.395. The number of hydrogen-bond donors (Lipinski definition) is 0. The van der Waals surface area contributed by atoms with Gasteiger partial charge in [0, 0.05) is 5.56 Å². The largest absolute Gasteiger partial charge is 0.490 e. The average Bonchev–Trinajstić information content (AvgIpc) is 2.27. The first-order valence-corrected chi connectivity index (χ1v) is 6.00. The highest BCUT2D eigenvalue weighted by Crippen LogP contribution is 2.36. The summed E-state index contributed by atoms with van der Waals surface area (Å²) in [5.74, 6) is 1.42. The number of carbonyl (C=O) groups excluding carboxylic acids is 1. The number of benzene rings is 1. The molecule has 0 radical (unpaired) electrons. The first-order valence-electron chi connectivity index (χ1n) is 5.62. The molecule has 0 amide bonds. The van der Waals surface area contributed by atoms with Crippen molar-refractivity contribution in [3.8, 4) is 11.5 Å². The lowest BCUT2D eigenvalue weighted by Crippen LogP contribution is -2.07. The fourth-order valence-corrected chi connectivity index (χ4v) is 1.58. The minimum absolute atomic E-state index is 0.395. The van der Waals surface area contributed by atoms with Crippen LogP contribution in [0.5, 0.6) is 11.5 Å². The van der Waals surface area contributed by atoms with E-state index in [2.05, 4.69) is 0 Å². The van der Waals surface area contributed by atoms with Crippen LogP contribution in [-0.4, -0.2) is 19.5 Å². The Bertz CT molecular complexity index is 388. The maximum absolute atomic E-state index is 10.7. The molecule has 0 atom stereocenters. The summed E-state index contributed by atoms with van der Waals surface area (Å²) in [5, 5.41) is 0.402. The molecule has 1 aromatic carbocycles. The Kier molecular flexibility index (Phi) is 5.29. The van der Waals surface area contributed by atoms with Gasteiger partial charge < -0.3 is 9.47 Å². The van der Waals surface area contributed by atoms with Gasteiger partial charge in [0.15, 0.2) is 11.5 Å². The van der Waals surface area contributed by atoms with Gasteiger partial charge in [-0.2, -0.15) is 0 Å². The summed E-state index contributed by atoms with van der Waals surface area (Å²) in [5.41, 5.74) is 0.482. The summed E-state index contributed by atoms with van der Waals surface area (Å²) in [6, 6.07) is 3.21. The number of ether oxygens (including phenoxy) is 2. The van der Waals surface area contributed by atoms with Crippen LogP contribution in [0.2, 0.25) is 5.02 Å². The van der Waals surface area contributed by atoms with Gasteiger partial charge >= 0.3 is 0 Å². The van der Waals surface area contributed by atoms with Gasteiger partial charge in [0.05, 0.1) is 18.2 Å². The quantitative estimate of drug-likeness (QED) is 0.730. The highest BCUT2D eigenvalue weighted by atomic mass is 35.5. The number of carbonyl (C=O) groups is 1. The standard InChI is InChI=1S/C13H17ClO3/c1-4-16-12-6-10(7-15)5-11(14)13(12)17-8-9(2)3/h5-7,9H,4,8H2,1-3H3. The molecule has 0 unspecified atom stereocenters. The second kappa shape index (κ2) is 6.50. The van der Waals surface area contributed by atoms with Crippen molar-refractivity contribution in [1.82, 2.24) is 0 Å². The van der Waals surface area contributed by atoms with E-state index in [0.717, 1.165) is 6.29 Å². The van der Waals surface area contributed by atoms with Crippen LogP contribution in [-0.2, 0) is 0 Å². The van der Waals surface area contributed by atoms with E-state index in [-0.39, 0.29) is 0 Å². The van der Waals surface area contributed by atoms with Crippen molar-refractivity contribution in [3.63, 3.8) is 0 Å². The van der Waals surface area contributed by atoms with E-state index >= 15 is 0 Å². The summed E-state index contributed by atoms with van der Waals surface area (Å²) in [7, 11) is 0. The second-order valence-electron chi connectivity index (χ2n) is 4.09. The van der Waals surface area contributed by atoms with Crippen LogP contribution in [0.4, 0.5) is 0 Å². The summed E-state index contributed by atoms with van der Waals surface area (Å²) in [4.78, 5) is 10.7. The van der Waals surface area contributed by atoms with Crippen molar-refractivity contribution < 1.29 is 14.3 Å². The van der Waals surface area contributed by atoms with E-state index in [1.807, 2.05) is 20.8 Å². The molecule has 0 aliphatic carbocycles. The second-order valence-corrected chi connectivity index (χ2v) is 4.49. The van der Waals surface area contributed by atoms with E-state index in [4.69, 9.17) is 21.1 Å². The molecule has 4 heteroatoms. The van der Waals surface area contributed by atoms with Crippen LogP contribution in [0.3, 0.4) is 0 Å². The SMILES string of the molecule is CCOc1cc(C=O)cc(Cl)c1OCC(C)C. The summed E-state index contributed by atoms with van der Waals surface area (Å²) >= 11 is 6.07. The first kappa shape index (κ1) is 13.8. The Morgan fingerprint density at radius 3 is 2.59 bits per heavy atom. The number of halogens is 1. The Labute approximate surface area is 107 Å². The van der Waals surface area contributed by atoms with Gasteiger partial charge in [-0.3, -0.25) is 4.79 Å². The lowest BCUT2D eigenvalue weighted by Gasteiger charge is -2.15. The van der Waals surface area contributed by atoms with E-state index in [9.17, 15) is 4.79 Å². The zero-order valence-corrected chi connectivity index (χ0v) is 11.1. The molecule has 0 saturated carbocycles. The topological polar surface area (TPSA) is 35.5 Å². The molecule has 3 nitrogen and oxygen atoms in total. The molecule has 0 aliphatic heterocycles. The molecular weight excluding hydrogens is 240 g/mol. The molecule has 0 fully saturated rings. The minimum Gasteiger partial charge on any atom is -0.490 e. The Hall–Kier alpha value is -1.22. The van der Waals surface area contributed by atoms with Crippen LogP contribution in [0.15, 0.2) is 12.1 Å². The van der Waals surface area contributed by atoms with Crippen LogP contribution in [0.1, 0.15) is 31.1 Å². The van der Waals surface area contributed by atoms with Gasteiger partial charge in [0.25, 0.3) is 0 Å². The monoisotopic (exact) mass is 256 g/mol. The van der Waals surface area contributed by atoms with Crippen molar-refractivity contribution in [1.29, 1.82) is 0 Å². The van der Waals surface area contributed by atoms with Gasteiger partial charge in [-0.1, -0.05) is 25.4 Å². The van der Waals surface area contributed by atoms with Crippen molar-refractivity contribution >= 4 is 17.9 Å². The number of aldehydes is 1. The van der Waals surface area contributed by atoms with E-state index in [1.54, 1.807) is 12.1 Å². The average molecular weight is 257 g/mol. The molecule has 0 bridgehead atoms. The normalized spacial score (nSPS) is 10.4. The molecule has 1 rings (SSSR count). The van der Waals surface area contributed by atoms with E-state index in [1.165, 1.54) is 0 Å². The lowest BCUT2D eigenvalue weighted by atomic mass is 10.2. The van der Waals surface area contributed by atoms with Crippen LogP contribution in [0, 0.1) is 5.92 Å². The lowest BCUT2D eigenvalue weighted by molar-refractivity contribution is 0.112. The third kappa shape index (κ3) is 3.93. The third-order valence-corrected chi connectivity index (χ3v) is 2.31. The predicted octanol–water partition coefficient (Wildman–Crippen LogP) is 3.59. The molecule has 1 aromatic rings. The highest BCUT2D eigenvalue weighted by Gasteiger charge is 2.12. The Morgan fingerprint density at radius 1 is 1.35 bits per heavy atom. The molecule has 17 heavy (non-hydrogen) atoms. The van der Waals surface area contributed by atoms with Gasteiger partial charge in [0.1, 0.15) is 6.29 Å². The molecule has 0 aliphatic rings. The molecule has 0 saturated heterocycles. The van der Waals surface area contributed by atoms with Crippen molar-refractivity contribution in [2.75, 3.05) is 13.2 Å². The summed E-state index contributed by atoms with van der Waals surface area (Å²) in [6.07, 6.45) is 0.737. The summed E-state index contributed by atoms with van der Waals surface area (Å²) < 4.78 is 11.0. The van der Waals surface area contributed by atoms with E-state index < -0.39 is 0 Å². The van der Waals surface area contributed by atoms with Crippen LogP contribution < -0.4 is 9.47 Å². The molecule has 0 aromatic heterocycles. The van der Waals surface area contributed by atoms with Gasteiger partial charge in [-0.05, 0) is 25.0 Å². The highest BCUT2D eigenvalue weighted by molar-refractivity contribution is 6.32. The van der Waals surface area contributed by atoms with Gasteiger partial charge in [-0.25, -0.2) is 0 Å². The predicted molar refractivity (Wildman–Crippen MR) is 68.3 cm³/mol. The molecule has 94 valence electrons. The van der Waals surface area contributed by atoms with Crippen LogP contribution >= 0.6 is 11.6 Å². The maximum Gasteiger partial charge on any atom is 0.179 e. The van der Waals surface area contributed by atoms with Crippen molar-refractivity contribution in [2.24, 2.45) is 5.92 Å². The molecule has 0 N–H and O–H groups in total. The van der Waals surface area contributed by atoms with Crippen molar-refractivity contribution in [2.45, 2.75) is 20.8 Å². The number of hydrogen-bond acceptors (Lipinski definition) is 3. The number of rotatable bonds is 6. The Morgan fingerprint density at radius 2 is 2.06 bits per heavy atom. The van der Waals surface area contributed by atoms with Crippen molar-refractivity contribution in [3.05, 3.63) is 22.7 Å².